The van der Waals surface area contributed by atoms with Gasteiger partial charge < -0.3 is 18.9 Å². The summed E-state index contributed by atoms with van der Waals surface area (Å²) in [5.74, 6) is -0.713. The number of nitrogens with zero attached hydrogens (tertiary/aromatic N) is 1. The number of hydrogen-bond donors (Lipinski definition) is 0. The van der Waals surface area contributed by atoms with Crippen molar-refractivity contribution in [3.05, 3.63) is 30.1 Å². The normalized spacial score (nSPS) is 28.4. The molecule has 0 spiro atoms. The number of rotatable bonds is 6. The molecule has 1 aromatic heterocycles. The molecule has 1 unspecified atom stereocenters. The Hall–Kier alpha value is -1.99. The molecule has 0 amide bonds. The molecule has 3 rings (SSSR count). The van der Waals surface area contributed by atoms with Gasteiger partial charge in [-0.2, -0.15) is 0 Å². The third-order valence-corrected chi connectivity index (χ3v) is 4.14. The van der Waals surface area contributed by atoms with Gasteiger partial charge in [0.05, 0.1) is 18.8 Å². The van der Waals surface area contributed by atoms with Gasteiger partial charge in [-0.25, -0.2) is 4.79 Å². The Bertz CT molecular complexity index is 578. The first kappa shape index (κ1) is 16.9. The molecule has 1 aromatic rings. The van der Waals surface area contributed by atoms with Crippen LogP contribution in [0.2, 0.25) is 0 Å². The lowest BCUT2D eigenvalue weighted by Crippen LogP contribution is -2.36. The largest absolute Gasteiger partial charge is 0.457 e. The van der Waals surface area contributed by atoms with Crippen LogP contribution in [0.3, 0.4) is 0 Å². The Morgan fingerprint density at radius 1 is 1.21 bits per heavy atom. The maximum absolute atomic E-state index is 12.1. The van der Waals surface area contributed by atoms with Crippen LogP contribution in [0.4, 0.5) is 0 Å². The lowest BCUT2D eigenvalue weighted by atomic mass is 10.1. The van der Waals surface area contributed by atoms with E-state index in [1.165, 1.54) is 6.20 Å². The van der Waals surface area contributed by atoms with Crippen LogP contribution >= 0.6 is 0 Å². The Balaban J connectivity index is 1.53. The quantitative estimate of drug-likeness (QED) is 0.729. The molecule has 0 radical (unpaired) electrons. The van der Waals surface area contributed by atoms with E-state index < -0.39 is 24.3 Å². The van der Waals surface area contributed by atoms with Crippen molar-refractivity contribution >= 4 is 11.9 Å². The third kappa shape index (κ3) is 3.73. The highest BCUT2D eigenvalue weighted by Crippen LogP contribution is 2.31. The summed E-state index contributed by atoms with van der Waals surface area (Å²) in [7, 11) is 0. The maximum atomic E-state index is 12.1. The summed E-state index contributed by atoms with van der Waals surface area (Å²) in [6.45, 7) is 2.50. The van der Waals surface area contributed by atoms with Crippen molar-refractivity contribution in [2.24, 2.45) is 0 Å². The van der Waals surface area contributed by atoms with E-state index in [0.717, 1.165) is 12.8 Å². The summed E-state index contributed by atoms with van der Waals surface area (Å²) >= 11 is 0. The Morgan fingerprint density at radius 2 is 1.92 bits per heavy atom. The number of aromatic nitrogens is 1. The second-order valence-electron chi connectivity index (χ2n) is 5.91. The van der Waals surface area contributed by atoms with Crippen LogP contribution in [0.25, 0.3) is 0 Å². The highest BCUT2D eigenvalue weighted by molar-refractivity contribution is 5.89. The maximum Gasteiger partial charge on any atom is 0.340 e. The third-order valence-electron chi connectivity index (χ3n) is 4.14. The molecule has 0 bridgehead atoms. The summed E-state index contributed by atoms with van der Waals surface area (Å²) in [5.41, 5.74) is 0.376. The van der Waals surface area contributed by atoms with Crippen LogP contribution in [-0.4, -0.2) is 54.6 Å². The van der Waals surface area contributed by atoms with Gasteiger partial charge in [-0.05, 0) is 18.6 Å². The Labute approximate surface area is 140 Å². The number of hydrogen-bond acceptors (Lipinski definition) is 7. The molecule has 3 heterocycles. The number of ether oxygens (including phenoxy) is 4. The Morgan fingerprint density at radius 3 is 2.54 bits per heavy atom. The SMILES string of the molecule is CCCCC(=O)O[C@H]1CO[C@@H]2C(OC(=O)c3cccnc3)CO[C@H]12. The fourth-order valence-corrected chi connectivity index (χ4v) is 2.87. The summed E-state index contributed by atoms with van der Waals surface area (Å²) in [4.78, 5) is 27.8. The minimum atomic E-state index is -0.512. The van der Waals surface area contributed by atoms with Crippen molar-refractivity contribution in [1.29, 1.82) is 0 Å². The van der Waals surface area contributed by atoms with Crippen LogP contribution < -0.4 is 0 Å². The summed E-state index contributed by atoms with van der Waals surface area (Å²) in [5, 5.41) is 0. The fourth-order valence-electron chi connectivity index (χ4n) is 2.87. The second-order valence-corrected chi connectivity index (χ2v) is 5.91. The van der Waals surface area contributed by atoms with E-state index in [1.807, 2.05) is 6.92 Å². The zero-order valence-corrected chi connectivity index (χ0v) is 13.6. The molecule has 2 fully saturated rings. The zero-order valence-electron chi connectivity index (χ0n) is 13.6. The molecule has 0 aromatic carbocycles. The summed E-state index contributed by atoms with van der Waals surface area (Å²) in [6, 6.07) is 3.30. The van der Waals surface area contributed by atoms with E-state index in [2.05, 4.69) is 4.98 Å². The molecule has 0 N–H and O–H groups in total. The van der Waals surface area contributed by atoms with Crippen molar-refractivity contribution in [2.45, 2.75) is 50.6 Å². The Kier molecular flexibility index (Phi) is 5.42. The van der Waals surface area contributed by atoms with Gasteiger partial charge in [0.1, 0.15) is 12.2 Å². The van der Waals surface area contributed by atoms with Gasteiger partial charge in [-0.3, -0.25) is 9.78 Å². The fraction of sp³-hybridized carbons (Fsp3) is 0.588. The molecule has 2 aliphatic rings. The molecule has 2 saturated heterocycles. The van der Waals surface area contributed by atoms with Gasteiger partial charge in [0.2, 0.25) is 0 Å². The van der Waals surface area contributed by atoms with Gasteiger partial charge in [0.15, 0.2) is 12.2 Å². The number of pyridine rings is 1. The van der Waals surface area contributed by atoms with E-state index in [1.54, 1.807) is 18.3 Å². The number of carbonyl (C=O) groups excluding carboxylic acids is 2. The average Bonchev–Trinajstić information content (AvgIpc) is 3.17. The van der Waals surface area contributed by atoms with Crippen LogP contribution in [0.15, 0.2) is 24.5 Å². The van der Waals surface area contributed by atoms with E-state index in [-0.39, 0.29) is 25.3 Å². The first-order chi connectivity index (χ1) is 11.7. The van der Waals surface area contributed by atoms with E-state index >= 15 is 0 Å². The zero-order chi connectivity index (χ0) is 16.9. The molecule has 24 heavy (non-hydrogen) atoms. The second kappa shape index (κ2) is 7.72. The van der Waals surface area contributed by atoms with E-state index in [0.29, 0.717) is 12.0 Å². The summed E-state index contributed by atoms with van der Waals surface area (Å²) in [6.07, 6.45) is 3.41. The smallest absolute Gasteiger partial charge is 0.340 e. The molecular weight excluding hydrogens is 314 g/mol. The molecule has 4 atom stereocenters. The molecule has 7 heteroatoms. The van der Waals surface area contributed by atoms with Crippen LogP contribution in [0.1, 0.15) is 36.5 Å². The van der Waals surface area contributed by atoms with Gasteiger partial charge >= 0.3 is 11.9 Å². The predicted octanol–water partition coefficient (Wildman–Crippen LogP) is 1.51. The predicted molar refractivity (Wildman–Crippen MR) is 82.3 cm³/mol. The van der Waals surface area contributed by atoms with E-state index in [9.17, 15) is 9.59 Å². The summed E-state index contributed by atoms with van der Waals surface area (Å²) < 4.78 is 22.2. The van der Waals surface area contributed by atoms with Gasteiger partial charge in [0, 0.05) is 18.8 Å². The van der Waals surface area contributed by atoms with Gasteiger partial charge in [-0.15, -0.1) is 0 Å². The highest BCUT2D eigenvalue weighted by atomic mass is 16.7. The molecule has 7 nitrogen and oxygen atoms in total. The van der Waals surface area contributed by atoms with Gasteiger partial charge in [0.25, 0.3) is 0 Å². The van der Waals surface area contributed by atoms with E-state index in [4.69, 9.17) is 18.9 Å². The lowest BCUT2D eigenvalue weighted by molar-refractivity contribution is -0.153. The van der Waals surface area contributed by atoms with Crippen molar-refractivity contribution in [3.63, 3.8) is 0 Å². The lowest BCUT2D eigenvalue weighted by Gasteiger charge is -2.17. The number of carbonyl (C=O) groups is 2. The monoisotopic (exact) mass is 335 g/mol. The van der Waals surface area contributed by atoms with Crippen molar-refractivity contribution < 1.29 is 28.5 Å². The van der Waals surface area contributed by atoms with Crippen LogP contribution in [0, 0.1) is 0 Å². The van der Waals surface area contributed by atoms with Crippen molar-refractivity contribution in [1.82, 2.24) is 4.98 Å². The van der Waals surface area contributed by atoms with Crippen LogP contribution in [0.5, 0.6) is 0 Å². The van der Waals surface area contributed by atoms with Crippen molar-refractivity contribution in [2.75, 3.05) is 13.2 Å². The molecule has 2 aliphatic heterocycles. The highest BCUT2D eigenvalue weighted by Gasteiger charge is 2.51. The first-order valence-electron chi connectivity index (χ1n) is 8.22. The molecular formula is C17H21NO6. The van der Waals surface area contributed by atoms with Crippen LogP contribution in [-0.2, 0) is 23.7 Å². The van der Waals surface area contributed by atoms with Crippen molar-refractivity contribution in [3.8, 4) is 0 Å². The minimum absolute atomic E-state index is 0.227. The number of fused-ring (bicyclic) bond motifs is 1. The van der Waals surface area contributed by atoms with Gasteiger partial charge in [-0.1, -0.05) is 13.3 Å². The number of unbranched alkanes of at least 4 members (excludes halogenated alkanes) is 1. The topological polar surface area (TPSA) is 84.0 Å². The number of esters is 2. The molecule has 0 saturated carbocycles. The first-order valence-corrected chi connectivity index (χ1v) is 8.22. The molecule has 130 valence electrons. The minimum Gasteiger partial charge on any atom is -0.457 e. The standard InChI is InChI=1S/C17H21NO6/c1-2-3-6-14(19)23-12-9-21-16-13(10-22-15(12)16)24-17(20)11-5-4-7-18-8-11/h4-5,7-8,12-13,15-16H,2-3,6,9-10H2,1H3/t12-,13?,15+,16+/m0/s1. The average molecular weight is 335 g/mol. The molecule has 0 aliphatic carbocycles.